The fourth-order valence-corrected chi connectivity index (χ4v) is 2.60. The van der Waals surface area contributed by atoms with Crippen LogP contribution < -0.4 is 5.32 Å². The van der Waals surface area contributed by atoms with E-state index in [4.69, 9.17) is 0 Å². The minimum Gasteiger partial charge on any atom is -0.355 e. The lowest BCUT2D eigenvalue weighted by atomic mass is 9.84. The molecule has 0 aromatic heterocycles. The van der Waals surface area contributed by atoms with Gasteiger partial charge in [-0.15, -0.1) is 0 Å². The van der Waals surface area contributed by atoms with E-state index >= 15 is 0 Å². The van der Waals surface area contributed by atoms with Gasteiger partial charge in [-0.3, -0.25) is 4.79 Å². The monoisotopic (exact) mass is 309 g/mol. The summed E-state index contributed by atoms with van der Waals surface area (Å²) in [7, 11) is 0. The zero-order chi connectivity index (χ0) is 16.9. The van der Waals surface area contributed by atoms with Gasteiger partial charge in [-0.05, 0) is 42.9 Å². The molecule has 2 aromatic carbocycles. The minimum atomic E-state index is -0.511. The summed E-state index contributed by atoms with van der Waals surface area (Å²) in [5, 5.41) is 3.07. The van der Waals surface area contributed by atoms with Gasteiger partial charge in [0, 0.05) is 6.54 Å². The topological polar surface area (TPSA) is 29.1 Å². The van der Waals surface area contributed by atoms with Crippen molar-refractivity contribution in [1.29, 1.82) is 0 Å². The fourth-order valence-electron chi connectivity index (χ4n) is 2.60. The Morgan fingerprint density at radius 1 is 1.00 bits per heavy atom. The third-order valence-corrected chi connectivity index (χ3v) is 4.41. The van der Waals surface area contributed by atoms with Crippen molar-refractivity contribution < 1.29 is 4.79 Å². The summed E-state index contributed by atoms with van der Waals surface area (Å²) in [4.78, 5) is 12.5. The van der Waals surface area contributed by atoms with Crippen molar-refractivity contribution in [3.8, 4) is 0 Å². The molecule has 0 bridgehead atoms. The van der Waals surface area contributed by atoms with Crippen LogP contribution in [0.3, 0.4) is 0 Å². The van der Waals surface area contributed by atoms with Crippen molar-refractivity contribution in [2.45, 2.75) is 45.4 Å². The van der Waals surface area contributed by atoms with Crippen molar-refractivity contribution in [2.75, 3.05) is 6.54 Å². The summed E-state index contributed by atoms with van der Waals surface area (Å²) in [5.74, 6) is 0.623. The van der Waals surface area contributed by atoms with Crippen molar-refractivity contribution in [2.24, 2.45) is 0 Å². The van der Waals surface area contributed by atoms with Crippen molar-refractivity contribution in [1.82, 2.24) is 5.32 Å². The SMILES string of the molecule is CC(C)c1ccc(CCNC(=O)C(C)(C)c2ccccc2)cc1. The van der Waals surface area contributed by atoms with Gasteiger partial charge in [0.15, 0.2) is 0 Å². The van der Waals surface area contributed by atoms with Gasteiger partial charge in [0.1, 0.15) is 0 Å². The van der Waals surface area contributed by atoms with Crippen LogP contribution in [0, 0.1) is 0 Å². The molecule has 0 aliphatic heterocycles. The maximum absolute atomic E-state index is 12.5. The molecule has 23 heavy (non-hydrogen) atoms. The van der Waals surface area contributed by atoms with E-state index in [1.165, 1.54) is 11.1 Å². The molecule has 122 valence electrons. The van der Waals surface area contributed by atoms with Crippen molar-refractivity contribution in [3.63, 3.8) is 0 Å². The number of hydrogen-bond donors (Lipinski definition) is 1. The molecule has 2 aromatic rings. The highest BCUT2D eigenvalue weighted by Crippen LogP contribution is 2.22. The van der Waals surface area contributed by atoms with E-state index in [0.717, 1.165) is 12.0 Å². The van der Waals surface area contributed by atoms with Gasteiger partial charge in [-0.2, -0.15) is 0 Å². The highest BCUT2D eigenvalue weighted by Gasteiger charge is 2.28. The van der Waals surface area contributed by atoms with E-state index in [9.17, 15) is 4.79 Å². The lowest BCUT2D eigenvalue weighted by Gasteiger charge is -2.24. The van der Waals surface area contributed by atoms with Crippen LogP contribution in [-0.4, -0.2) is 12.5 Å². The van der Waals surface area contributed by atoms with Crippen LogP contribution in [0.5, 0.6) is 0 Å². The highest BCUT2D eigenvalue weighted by atomic mass is 16.2. The molecule has 0 atom stereocenters. The summed E-state index contributed by atoms with van der Waals surface area (Å²) in [6.07, 6.45) is 0.856. The summed E-state index contributed by atoms with van der Waals surface area (Å²) in [6.45, 7) is 8.99. The zero-order valence-electron chi connectivity index (χ0n) is 14.6. The third kappa shape index (κ3) is 4.44. The van der Waals surface area contributed by atoms with E-state index < -0.39 is 5.41 Å². The summed E-state index contributed by atoms with van der Waals surface area (Å²) in [6, 6.07) is 18.6. The molecular weight excluding hydrogens is 282 g/mol. The normalized spacial score (nSPS) is 11.5. The second kappa shape index (κ2) is 7.45. The molecule has 1 N–H and O–H groups in total. The minimum absolute atomic E-state index is 0.0718. The molecule has 2 rings (SSSR count). The maximum Gasteiger partial charge on any atom is 0.230 e. The second-order valence-electron chi connectivity index (χ2n) is 6.89. The summed E-state index contributed by atoms with van der Waals surface area (Å²) >= 11 is 0. The Morgan fingerprint density at radius 3 is 2.17 bits per heavy atom. The van der Waals surface area contributed by atoms with Crippen molar-refractivity contribution >= 4 is 5.91 Å². The quantitative estimate of drug-likeness (QED) is 0.839. The Labute approximate surface area is 139 Å². The number of hydrogen-bond acceptors (Lipinski definition) is 1. The standard InChI is InChI=1S/C21H27NO/c1-16(2)18-12-10-17(11-13-18)14-15-22-20(23)21(3,4)19-8-6-5-7-9-19/h5-13,16H,14-15H2,1-4H3,(H,22,23). The molecule has 0 radical (unpaired) electrons. The van der Waals surface area contributed by atoms with Crippen LogP contribution in [0.4, 0.5) is 0 Å². The molecule has 1 amide bonds. The van der Waals surface area contributed by atoms with Crippen LogP contribution in [0.1, 0.15) is 50.3 Å². The molecule has 0 spiro atoms. The average molecular weight is 309 g/mol. The van der Waals surface area contributed by atoms with Gasteiger partial charge in [-0.25, -0.2) is 0 Å². The Bertz CT molecular complexity index is 627. The summed E-state index contributed by atoms with van der Waals surface area (Å²) < 4.78 is 0. The lowest BCUT2D eigenvalue weighted by molar-refractivity contribution is -0.125. The lowest BCUT2D eigenvalue weighted by Crippen LogP contribution is -2.40. The van der Waals surface area contributed by atoms with Crippen LogP contribution in [0.2, 0.25) is 0 Å². The molecule has 2 heteroatoms. The largest absolute Gasteiger partial charge is 0.355 e. The second-order valence-corrected chi connectivity index (χ2v) is 6.89. The third-order valence-electron chi connectivity index (χ3n) is 4.41. The maximum atomic E-state index is 12.5. The first kappa shape index (κ1) is 17.3. The smallest absolute Gasteiger partial charge is 0.230 e. The fraction of sp³-hybridized carbons (Fsp3) is 0.381. The van der Waals surface area contributed by atoms with Gasteiger partial charge in [-0.1, -0.05) is 68.4 Å². The number of carbonyl (C=O) groups excluding carboxylic acids is 1. The molecule has 0 unspecified atom stereocenters. The van der Waals surface area contributed by atoms with Crippen LogP contribution in [-0.2, 0) is 16.6 Å². The van der Waals surface area contributed by atoms with Gasteiger partial charge < -0.3 is 5.32 Å². The first-order valence-electron chi connectivity index (χ1n) is 8.34. The molecule has 0 heterocycles. The van der Waals surface area contributed by atoms with Gasteiger partial charge in [0.2, 0.25) is 5.91 Å². The van der Waals surface area contributed by atoms with Gasteiger partial charge in [0.05, 0.1) is 5.41 Å². The molecular formula is C21H27NO. The van der Waals surface area contributed by atoms with Crippen LogP contribution in [0.15, 0.2) is 54.6 Å². The highest BCUT2D eigenvalue weighted by molar-refractivity contribution is 5.87. The van der Waals surface area contributed by atoms with Crippen LogP contribution >= 0.6 is 0 Å². The molecule has 0 saturated carbocycles. The molecule has 0 saturated heterocycles. The van der Waals surface area contributed by atoms with E-state index in [0.29, 0.717) is 12.5 Å². The average Bonchev–Trinajstić information content (AvgIpc) is 2.56. The Balaban J connectivity index is 1.89. The molecule has 0 fully saturated rings. The number of rotatable bonds is 6. The van der Waals surface area contributed by atoms with E-state index in [-0.39, 0.29) is 5.91 Å². The van der Waals surface area contributed by atoms with Crippen molar-refractivity contribution in [3.05, 3.63) is 71.3 Å². The van der Waals surface area contributed by atoms with E-state index in [2.05, 4.69) is 43.4 Å². The molecule has 2 nitrogen and oxygen atoms in total. The number of carbonyl (C=O) groups is 1. The number of amides is 1. The Kier molecular flexibility index (Phi) is 5.59. The Morgan fingerprint density at radius 2 is 1.61 bits per heavy atom. The number of benzene rings is 2. The van der Waals surface area contributed by atoms with Gasteiger partial charge >= 0.3 is 0 Å². The zero-order valence-corrected chi connectivity index (χ0v) is 14.6. The predicted octanol–water partition coefficient (Wildman–Crippen LogP) is 4.45. The molecule has 0 aliphatic carbocycles. The van der Waals surface area contributed by atoms with E-state index in [1.807, 2.05) is 44.2 Å². The predicted molar refractivity (Wildman–Crippen MR) is 96.7 cm³/mol. The first-order chi connectivity index (χ1) is 10.9. The number of nitrogens with one attached hydrogen (secondary N) is 1. The molecule has 0 aliphatic rings. The van der Waals surface area contributed by atoms with Gasteiger partial charge in [0.25, 0.3) is 0 Å². The van der Waals surface area contributed by atoms with Crippen LogP contribution in [0.25, 0.3) is 0 Å². The first-order valence-corrected chi connectivity index (χ1v) is 8.34. The van der Waals surface area contributed by atoms with E-state index in [1.54, 1.807) is 0 Å². The Hall–Kier alpha value is -2.09. The summed E-state index contributed by atoms with van der Waals surface area (Å²) in [5.41, 5.74) is 3.14.